The lowest BCUT2D eigenvalue weighted by Gasteiger charge is -2.36. The lowest BCUT2D eigenvalue weighted by atomic mass is 9.99. The number of likely N-dealkylation sites (tertiary alicyclic amines) is 1. The molecule has 0 bridgehead atoms. The van der Waals surface area contributed by atoms with Crippen molar-refractivity contribution in [2.24, 2.45) is 0 Å². The van der Waals surface area contributed by atoms with Crippen molar-refractivity contribution in [2.45, 2.75) is 37.8 Å². The molecule has 5 nitrogen and oxygen atoms in total. The molecule has 0 aromatic rings. The summed E-state index contributed by atoms with van der Waals surface area (Å²) in [5.41, 5.74) is -0.541. The molecular formula is C12H23N3O2. The largest absolute Gasteiger partial charge is 0.387 e. The van der Waals surface area contributed by atoms with Crippen LogP contribution in [0.15, 0.2) is 0 Å². The van der Waals surface area contributed by atoms with Gasteiger partial charge in [-0.3, -0.25) is 4.79 Å². The van der Waals surface area contributed by atoms with Gasteiger partial charge in [-0.15, -0.1) is 0 Å². The van der Waals surface area contributed by atoms with Gasteiger partial charge in [-0.05, 0) is 25.8 Å². The molecule has 0 radical (unpaired) electrons. The van der Waals surface area contributed by atoms with Crippen LogP contribution in [0.2, 0.25) is 0 Å². The monoisotopic (exact) mass is 241 g/mol. The number of β-amino-alcohol motifs (C(OH)–C–C–N with tert-alkyl or cyclic N) is 1. The predicted octanol–water partition coefficient (Wildman–Crippen LogP) is -0.689. The number of hydrogen-bond donors (Lipinski definition) is 3. The third kappa shape index (κ3) is 3.66. The molecular weight excluding hydrogens is 218 g/mol. The molecule has 2 aliphatic rings. The second-order valence-electron chi connectivity index (χ2n) is 5.40. The number of rotatable bonds is 3. The van der Waals surface area contributed by atoms with Gasteiger partial charge in [0.05, 0.1) is 5.60 Å². The van der Waals surface area contributed by atoms with E-state index < -0.39 is 5.60 Å². The smallest absolute Gasteiger partial charge is 0.217 e. The molecule has 0 spiro atoms. The zero-order chi connectivity index (χ0) is 12.3. The summed E-state index contributed by atoms with van der Waals surface area (Å²) >= 11 is 0. The quantitative estimate of drug-likeness (QED) is 0.612. The van der Waals surface area contributed by atoms with Crippen LogP contribution in [0.25, 0.3) is 0 Å². The van der Waals surface area contributed by atoms with Crippen LogP contribution in [0.5, 0.6) is 0 Å². The molecule has 2 aliphatic heterocycles. The molecule has 0 saturated carbocycles. The number of piperidine rings is 1. The van der Waals surface area contributed by atoms with Gasteiger partial charge in [0, 0.05) is 39.1 Å². The van der Waals surface area contributed by atoms with Crippen molar-refractivity contribution in [3.05, 3.63) is 0 Å². The molecule has 2 rings (SSSR count). The van der Waals surface area contributed by atoms with E-state index in [0.29, 0.717) is 12.6 Å². The second kappa shape index (κ2) is 5.33. The molecule has 2 saturated heterocycles. The first-order chi connectivity index (χ1) is 8.07. The zero-order valence-electron chi connectivity index (χ0n) is 10.5. The fourth-order valence-electron chi connectivity index (χ4n) is 2.80. The second-order valence-corrected chi connectivity index (χ2v) is 5.40. The summed E-state index contributed by atoms with van der Waals surface area (Å²) in [4.78, 5) is 13.3. The van der Waals surface area contributed by atoms with E-state index in [-0.39, 0.29) is 5.91 Å². The van der Waals surface area contributed by atoms with Crippen molar-refractivity contribution in [3.63, 3.8) is 0 Å². The highest BCUT2D eigenvalue weighted by Gasteiger charge is 2.34. The van der Waals surface area contributed by atoms with Gasteiger partial charge < -0.3 is 20.6 Å². The minimum absolute atomic E-state index is 0.0575. The molecule has 0 aromatic heterocycles. The van der Waals surface area contributed by atoms with Crippen molar-refractivity contribution in [1.82, 2.24) is 15.5 Å². The van der Waals surface area contributed by atoms with E-state index in [4.69, 9.17) is 0 Å². The molecule has 0 aliphatic carbocycles. The highest BCUT2D eigenvalue weighted by molar-refractivity contribution is 5.73. The zero-order valence-corrected chi connectivity index (χ0v) is 10.5. The van der Waals surface area contributed by atoms with E-state index in [1.807, 2.05) is 0 Å². The van der Waals surface area contributed by atoms with Gasteiger partial charge in [0.1, 0.15) is 0 Å². The molecule has 98 valence electrons. The van der Waals surface area contributed by atoms with Gasteiger partial charge in [0.2, 0.25) is 5.91 Å². The van der Waals surface area contributed by atoms with Crippen LogP contribution in [0.1, 0.15) is 26.2 Å². The normalized spacial score (nSPS) is 31.6. The molecule has 1 unspecified atom stereocenters. The number of carbonyl (C=O) groups is 1. The van der Waals surface area contributed by atoms with E-state index in [1.54, 1.807) is 6.92 Å². The summed E-state index contributed by atoms with van der Waals surface area (Å²) in [6.07, 6.45) is 2.82. The van der Waals surface area contributed by atoms with Gasteiger partial charge in [-0.1, -0.05) is 0 Å². The average molecular weight is 241 g/mol. The summed E-state index contributed by atoms with van der Waals surface area (Å²) in [6.45, 7) is 5.88. The van der Waals surface area contributed by atoms with Crippen LogP contribution in [-0.4, -0.2) is 60.3 Å². The Hall–Kier alpha value is -0.650. The van der Waals surface area contributed by atoms with Crippen molar-refractivity contribution in [2.75, 3.05) is 32.7 Å². The molecule has 1 amide bonds. The van der Waals surface area contributed by atoms with Gasteiger partial charge in [-0.2, -0.15) is 0 Å². The lowest BCUT2D eigenvalue weighted by molar-refractivity contribution is -0.120. The Kier molecular flexibility index (Phi) is 4.01. The van der Waals surface area contributed by atoms with Crippen LogP contribution >= 0.6 is 0 Å². The molecule has 0 aromatic carbocycles. The van der Waals surface area contributed by atoms with Crippen molar-refractivity contribution >= 4 is 5.91 Å². The predicted molar refractivity (Wildman–Crippen MR) is 65.7 cm³/mol. The molecule has 2 heterocycles. The Balaban J connectivity index is 1.73. The number of nitrogens with one attached hydrogen (secondary N) is 2. The van der Waals surface area contributed by atoms with Crippen LogP contribution in [-0.2, 0) is 4.79 Å². The van der Waals surface area contributed by atoms with E-state index in [2.05, 4.69) is 15.5 Å². The summed E-state index contributed by atoms with van der Waals surface area (Å²) < 4.78 is 0. The molecule has 5 heteroatoms. The molecule has 2 fully saturated rings. The number of aliphatic hydroxyl groups is 1. The van der Waals surface area contributed by atoms with Crippen LogP contribution in [0.4, 0.5) is 0 Å². The summed E-state index contributed by atoms with van der Waals surface area (Å²) in [5, 5.41) is 16.4. The fourth-order valence-corrected chi connectivity index (χ4v) is 2.80. The Bertz CT molecular complexity index is 269. The van der Waals surface area contributed by atoms with Crippen molar-refractivity contribution in [3.8, 4) is 0 Å². The first-order valence-electron chi connectivity index (χ1n) is 6.50. The van der Waals surface area contributed by atoms with Crippen LogP contribution in [0.3, 0.4) is 0 Å². The topological polar surface area (TPSA) is 64.6 Å². The van der Waals surface area contributed by atoms with Crippen LogP contribution < -0.4 is 10.6 Å². The maximum atomic E-state index is 11.0. The van der Waals surface area contributed by atoms with Crippen molar-refractivity contribution < 1.29 is 9.90 Å². The average Bonchev–Trinajstić information content (AvgIpc) is 2.67. The third-order valence-corrected chi connectivity index (χ3v) is 3.73. The summed E-state index contributed by atoms with van der Waals surface area (Å²) in [7, 11) is 0. The Morgan fingerprint density at radius 1 is 1.53 bits per heavy atom. The highest BCUT2D eigenvalue weighted by Crippen LogP contribution is 2.19. The highest BCUT2D eigenvalue weighted by atomic mass is 16.3. The Morgan fingerprint density at radius 2 is 2.24 bits per heavy atom. The SMILES string of the molecule is CC(=O)NC1CCN(CC2(O)CCNC2)CC1. The van der Waals surface area contributed by atoms with Crippen molar-refractivity contribution in [1.29, 1.82) is 0 Å². The Morgan fingerprint density at radius 3 is 2.76 bits per heavy atom. The summed E-state index contributed by atoms with van der Waals surface area (Å²) in [5.74, 6) is 0.0575. The minimum Gasteiger partial charge on any atom is -0.387 e. The number of nitrogens with zero attached hydrogens (tertiary/aromatic N) is 1. The maximum Gasteiger partial charge on any atom is 0.217 e. The Labute approximate surface area is 103 Å². The fraction of sp³-hybridized carbons (Fsp3) is 0.917. The molecule has 1 atom stereocenters. The van der Waals surface area contributed by atoms with Gasteiger partial charge in [0.25, 0.3) is 0 Å². The maximum absolute atomic E-state index is 11.0. The lowest BCUT2D eigenvalue weighted by Crippen LogP contribution is -2.50. The van der Waals surface area contributed by atoms with E-state index in [1.165, 1.54) is 0 Å². The van der Waals surface area contributed by atoms with E-state index >= 15 is 0 Å². The van der Waals surface area contributed by atoms with E-state index in [0.717, 1.165) is 45.4 Å². The molecule has 17 heavy (non-hydrogen) atoms. The summed E-state index contributed by atoms with van der Waals surface area (Å²) in [6, 6.07) is 0.320. The number of hydrogen-bond acceptors (Lipinski definition) is 4. The third-order valence-electron chi connectivity index (χ3n) is 3.73. The molecule has 3 N–H and O–H groups in total. The first kappa shape index (κ1) is 12.8. The standard InChI is InChI=1S/C12H23N3O2/c1-10(16)14-11-2-6-15(7-3-11)9-12(17)4-5-13-8-12/h11,13,17H,2-9H2,1H3,(H,14,16). The van der Waals surface area contributed by atoms with Gasteiger partial charge >= 0.3 is 0 Å². The van der Waals surface area contributed by atoms with Gasteiger partial charge in [0.15, 0.2) is 0 Å². The first-order valence-corrected chi connectivity index (χ1v) is 6.50. The minimum atomic E-state index is -0.541. The van der Waals surface area contributed by atoms with Gasteiger partial charge in [-0.25, -0.2) is 0 Å². The van der Waals surface area contributed by atoms with E-state index in [9.17, 15) is 9.90 Å². The number of carbonyl (C=O) groups excluding carboxylic acids is 1. The van der Waals surface area contributed by atoms with Crippen LogP contribution in [0, 0.1) is 0 Å². The number of amides is 1.